The summed E-state index contributed by atoms with van der Waals surface area (Å²) in [6.07, 6.45) is 7.94. The van der Waals surface area contributed by atoms with Gasteiger partial charge < -0.3 is 20.2 Å². The van der Waals surface area contributed by atoms with Crippen molar-refractivity contribution in [3.63, 3.8) is 0 Å². The third kappa shape index (κ3) is 6.53. The fourth-order valence-corrected chi connectivity index (χ4v) is 7.60. The van der Waals surface area contributed by atoms with E-state index in [-0.39, 0.29) is 11.1 Å². The van der Waals surface area contributed by atoms with E-state index in [1.165, 1.54) is 18.2 Å². The molecular weight excluding hydrogens is 709 g/mol. The largest absolute Gasteiger partial charge is 0.478 e. The van der Waals surface area contributed by atoms with Crippen LogP contribution >= 0.6 is 0 Å². The molecule has 4 aromatic carbocycles. The molecule has 0 radical (unpaired) electrons. The number of nitrogens with zero attached hydrogens (tertiary/aromatic N) is 2. The molecule has 3 aromatic heterocycles. The van der Waals surface area contributed by atoms with Crippen LogP contribution in [-0.2, 0) is 0 Å². The van der Waals surface area contributed by atoms with Crippen LogP contribution in [0.15, 0.2) is 115 Å². The number of aromatic carboxylic acids is 2. The first-order valence-corrected chi connectivity index (χ1v) is 18.6. The molecule has 4 N–H and O–H groups in total. The van der Waals surface area contributed by atoms with Crippen molar-refractivity contribution in [2.24, 2.45) is 0 Å². The second-order valence-corrected chi connectivity index (χ2v) is 14.5. The Bertz CT molecular complexity index is 2950. The lowest BCUT2D eigenvalue weighted by Crippen LogP contribution is -2.03. The predicted octanol–water partition coefficient (Wildman–Crippen LogP) is 11.6. The Morgan fingerprint density at radius 1 is 0.404 bits per heavy atom. The fraction of sp³-hybridized carbons (Fsp3) is 0.0612. The zero-order chi connectivity index (χ0) is 39.4. The minimum atomic E-state index is -1.23. The average molecular weight is 745 g/mol. The normalized spacial score (nSPS) is 11.9. The Labute approximate surface area is 328 Å². The smallest absolute Gasteiger partial charge is 0.335 e. The highest BCUT2D eigenvalue weighted by Crippen LogP contribution is 2.39. The Kier molecular flexibility index (Phi) is 8.59. The molecule has 0 saturated heterocycles. The van der Waals surface area contributed by atoms with E-state index >= 15 is 0 Å². The van der Waals surface area contributed by atoms with Crippen LogP contribution in [0, 0.1) is 20.8 Å². The maximum Gasteiger partial charge on any atom is 0.335 e. The summed E-state index contributed by atoms with van der Waals surface area (Å²) in [5.74, 6) is -2.46. The molecular formula is C49H36N4O4. The number of aryl methyl sites for hydroxylation is 3. The monoisotopic (exact) mass is 744 g/mol. The van der Waals surface area contributed by atoms with Gasteiger partial charge in [-0.15, -0.1) is 0 Å². The molecule has 0 spiro atoms. The maximum absolute atomic E-state index is 12.4. The third-order valence-corrected chi connectivity index (χ3v) is 10.5. The number of nitrogens with one attached hydrogen (secondary N) is 2. The van der Waals surface area contributed by atoms with Gasteiger partial charge in [-0.25, -0.2) is 19.6 Å². The van der Waals surface area contributed by atoms with E-state index in [1.807, 2.05) is 44.2 Å². The highest BCUT2D eigenvalue weighted by molar-refractivity contribution is 6.02. The van der Waals surface area contributed by atoms with Crippen LogP contribution in [0.1, 0.15) is 60.2 Å². The van der Waals surface area contributed by atoms with Crippen LogP contribution in [0.2, 0.25) is 0 Å². The highest BCUT2D eigenvalue weighted by atomic mass is 16.4. The summed E-state index contributed by atoms with van der Waals surface area (Å²) in [6.45, 7) is 6.17. The summed E-state index contributed by atoms with van der Waals surface area (Å²) in [6, 6.07) is 37.3. The Hall–Kier alpha value is -7.58. The summed E-state index contributed by atoms with van der Waals surface area (Å²) in [4.78, 5) is 42.7. The van der Waals surface area contributed by atoms with Crippen molar-refractivity contribution in [2.75, 3.05) is 0 Å². The molecule has 8 bridgehead atoms. The summed E-state index contributed by atoms with van der Waals surface area (Å²) in [7, 11) is 0. The predicted molar refractivity (Wildman–Crippen MR) is 229 cm³/mol. The quantitative estimate of drug-likeness (QED) is 0.134. The number of carboxylic acids is 2. The van der Waals surface area contributed by atoms with Gasteiger partial charge in [-0.2, -0.15) is 0 Å². The molecule has 0 fully saturated rings. The summed E-state index contributed by atoms with van der Waals surface area (Å²) >= 11 is 0. The summed E-state index contributed by atoms with van der Waals surface area (Å²) < 4.78 is 0. The Balaban J connectivity index is 1.48. The number of carboxylic acid groups (broad SMARTS) is 2. The van der Waals surface area contributed by atoms with Crippen LogP contribution < -0.4 is 0 Å². The Morgan fingerprint density at radius 2 is 0.684 bits per heavy atom. The molecule has 0 unspecified atom stereocenters. The number of hydrogen-bond acceptors (Lipinski definition) is 4. The molecule has 0 aliphatic carbocycles. The lowest BCUT2D eigenvalue weighted by molar-refractivity contribution is 0.0696. The van der Waals surface area contributed by atoms with Crippen molar-refractivity contribution < 1.29 is 19.8 Å². The molecule has 8 heteroatoms. The highest BCUT2D eigenvalue weighted by Gasteiger charge is 2.21. The first kappa shape index (κ1) is 35.1. The van der Waals surface area contributed by atoms with E-state index in [4.69, 9.17) is 9.97 Å². The van der Waals surface area contributed by atoms with Gasteiger partial charge in [0.1, 0.15) is 0 Å². The van der Waals surface area contributed by atoms with Crippen LogP contribution in [0.25, 0.3) is 90.9 Å². The van der Waals surface area contributed by atoms with Crippen molar-refractivity contribution in [2.45, 2.75) is 20.8 Å². The molecule has 2 aliphatic rings. The molecule has 0 saturated carbocycles. The van der Waals surface area contributed by atoms with Gasteiger partial charge >= 0.3 is 11.9 Å². The second-order valence-electron chi connectivity index (χ2n) is 14.5. The summed E-state index contributed by atoms with van der Waals surface area (Å²) in [5, 5.41) is 20.2. The maximum atomic E-state index is 12.4. The number of aromatic nitrogens is 4. The van der Waals surface area contributed by atoms with E-state index in [0.29, 0.717) is 28.0 Å². The van der Waals surface area contributed by atoms with E-state index in [0.717, 1.165) is 78.0 Å². The van der Waals surface area contributed by atoms with Gasteiger partial charge in [0.15, 0.2) is 0 Å². The molecule has 7 aromatic rings. The number of benzene rings is 4. The SMILES string of the molecule is Cc1ccc(-c2c3nc(c(-c4ccc(C)cc4)c4ccc([nH]4)c(-c4cc(C(=O)O)cc(C(=O)O)c4)c4nc(c(-c5ccc(C)cc5)c5ccc2[nH]5)C=C4)C=C3)cc1. The minimum absolute atomic E-state index is 0.144. The lowest BCUT2D eigenvalue weighted by atomic mass is 9.98. The molecule has 8 nitrogen and oxygen atoms in total. The Morgan fingerprint density at radius 3 is 0.965 bits per heavy atom. The number of fused-ring (bicyclic) bond motifs is 8. The van der Waals surface area contributed by atoms with E-state index in [9.17, 15) is 19.8 Å². The third-order valence-electron chi connectivity index (χ3n) is 10.5. The van der Waals surface area contributed by atoms with Crippen LogP contribution in [0.5, 0.6) is 0 Å². The molecule has 2 aliphatic heterocycles. The van der Waals surface area contributed by atoms with Gasteiger partial charge in [-0.1, -0.05) is 89.5 Å². The standard InChI is InChI=1S/C49H36N4O4/c1-27-4-10-30(11-5-27)44-36-16-18-38(50-36)45(31-12-6-28(2)7-13-31)40-20-22-42(52-40)47(33-24-34(48(54)55)26-35(25-33)49(56)57)43-23-21-41(53-43)46(39-19-17-37(44)51-39)32-14-8-29(3)9-15-32/h4-26,50,53H,1-3H3,(H,54,55)(H,56,57). The summed E-state index contributed by atoms with van der Waals surface area (Å²) in [5.41, 5.74) is 15.6. The topological polar surface area (TPSA) is 132 Å². The van der Waals surface area contributed by atoms with Crippen molar-refractivity contribution in [1.82, 2.24) is 19.9 Å². The van der Waals surface area contributed by atoms with Gasteiger partial charge in [0.05, 0.1) is 33.9 Å². The van der Waals surface area contributed by atoms with Crippen molar-refractivity contribution in [3.05, 3.63) is 166 Å². The molecule has 57 heavy (non-hydrogen) atoms. The molecule has 276 valence electrons. The first-order valence-electron chi connectivity index (χ1n) is 18.6. The zero-order valence-electron chi connectivity index (χ0n) is 31.4. The first-order chi connectivity index (χ1) is 27.6. The van der Waals surface area contributed by atoms with Crippen molar-refractivity contribution >= 4 is 58.3 Å². The van der Waals surface area contributed by atoms with Gasteiger partial charge in [0.2, 0.25) is 0 Å². The van der Waals surface area contributed by atoms with Gasteiger partial charge in [-0.3, -0.25) is 0 Å². The van der Waals surface area contributed by atoms with Crippen LogP contribution in [0.4, 0.5) is 0 Å². The number of H-pyrrole nitrogens is 2. The molecule has 0 amide bonds. The minimum Gasteiger partial charge on any atom is -0.478 e. The number of rotatable bonds is 6. The number of aromatic amines is 2. The number of carbonyl (C=O) groups is 2. The van der Waals surface area contributed by atoms with Crippen molar-refractivity contribution in [3.8, 4) is 44.5 Å². The molecule has 5 heterocycles. The number of hydrogen-bond donors (Lipinski definition) is 4. The van der Waals surface area contributed by atoms with Gasteiger partial charge in [0.25, 0.3) is 0 Å². The van der Waals surface area contributed by atoms with E-state index in [2.05, 4.69) is 108 Å². The van der Waals surface area contributed by atoms with E-state index < -0.39 is 11.9 Å². The second kappa shape index (κ2) is 13.9. The molecule has 9 rings (SSSR count). The van der Waals surface area contributed by atoms with Crippen LogP contribution in [0.3, 0.4) is 0 Å². The van der Waals surface area contributed by atoms with Gasteiger partial charge in [0, 0.05) is 44.3 Å². The zero-order valence-corrected chi connectivity index (χ0v) is 31.4. The van der Waals surface area contributed by atoms with E-state index in [1.54, 1.807) is 0 Å². The lowest BCUT2D eigenvalue weighted by Gasteiger charge is -2.09. The average Bonchev–Trinajstić information content (AvgIpc) is 4.05. The van der Waals surface area contributed by atoms with Crippen molar-refractivity contribution in [1.29, 1.82) is 0 Å². The van der Waals surface area contributed by atoms with Gasteiger partial charge in [-0.05, 0) is 110 Å². The fourth-order valence-electron chi connectivity index (χ4n) is 7.60. The van der Waals surface area contributed by atoms with Crippen LogP contribution in [-0.4, -0.2) is 42.1 Å². The molecule has 0 atom stereocenters.